The Hall–Kier alpha value is -0.650. The standard InChI is InChI=1S/C16H30N2O3/c1-11-9-18(10-12(2)21-11)16(20)15(19)14(17)8-13-6-4-3-5-7-13/h11-15,19H,3-10,17H2,1-2H3/t11?,12?,14-,15?/m1/s1. The molecule has 5 nitrogen and oxygen atoms in total. The van der Waals surface area contributed by atoms with Crippen LogP contribution in [0.4, 0.5) is 0 Å². The van der Waals surface area contributed by atoms with E-state index in [1.807, 2.05) is 13.8 Å². The van der Waals surface area contributed by atoms with E-state index in [0.717, 1.165) is 6.42 Å². The predicted octanol–water partition coefficient (Wildman–Crippen LogP) is 1.28. The van der Waals surface area contributed by atoms with Gasteiger partial charge in [0.05, 0.1) is 12.2 Å². The number of morpholine rings is 1. The summed E-state index contributed by atoms with van der Waals surface area (Å²) in [7, 11) is 0. The first-order valence-corrected chi connectivity index (χ1v) is 8.35. The van der Waals surface area contributed by atoms with E-state index in [1.54, 1.807) is 4.90 Å². The van der Waals surface area contributed by atoms with Gasteiger partial charge >= 0.3 is 0 Å². The fourth-order valence-electron chi connectivity index (χ4n) is 3.66. The summed E-state index contributed by atoms with van der Waals surface area (Å²) < 4.78 is 5.62. The van der Waals surface area contributed by atoms with Crippen molar-refractivity contribution in [2.75, 3.05) is 13.1 Å². The van der Waals surface area contributed by atoms with Crippen LogP contribution in [0.5, 0.6) is 0 Å². The number of ether oxygens (including phenoxy) is 1. The van der Waals surface area contributed by atoms with Crippen molar-refractivity contribution >= 4 is 5.91 Å². The quantitative estimate of drug-likeness (QED) is 0.820. The molecule has 122 valence electrons. The highest BCUT2D eigenvalue weighted by atomic mass is 16.5. The molecule has 2 aliphatic rings. The maximum atomic E-state index is 12.4. The molecule has 2 fully saturated rings. The normalized spacial score (nSPS) is 31.0. The summed E-state index contributed by atoms with van der Waals surface area (Å²) in [6, 6.07) is -0.450. The maximum Gasteiger partial charge on any atom is 0.253 e. The van der Waals surface area contributed by atoms with Gasteiger partial charge in [-0.25, -0.2) is 0 Å². The lowest BCUT2D eigenvalue weighted by Gasteiger charge is -2.37. The molecule has 3 N–H and O–H groups in total. The molecule has 1 heterocycles. The minimum Gasteiger partial charge on any atom is -0.382 e. The third kappa shape index (κ3) is 4.66. The summed E-state index contributed by atoms with van der Waals surface area (Å²) in [6.45, 7) is 4.97. The topological polar surface area (TPSA) is 75.8 Å². The molecule has 1 aliphatic heterocycles. The van der Waals surface area contributed by atoms with E-state index in [-0.39, 0.29) is 18.1 Å². The molecule has 1 saturated carbocycles. The summed E-state index contributed by atoms with van der Waals surface area (Å²) in [5.74, 6) is 0.332. The molecule has 0 aromatic carbocycles. The fraction of sp³-hybridized carbons (Fsp3) is 0.938. The minimum absolute atomic E-state index is 0.0134. The van der Waals surface area contributed by atoms with Gasteiger partial charge in [0.15, 0.2) is 0 Å². The molecule has 1 amide bonds. The Bertz CT molecular complexity index is 334. The first-order chi connectivity index (χ1) is 9.97. The molecule has 0 radical (unpaired) electrons. The number of amides is 1. The molecule has 1 aliphatic carbocycles. The van der Waals surface area contributed by atoms with Gasteiger partial charge in [-0.15, -0.1) is 0 Å². The molecule has 0 spiro atoms. The van der Waals surface area contributed by atoms with E-state index in [1.165, 1.54) is 32.1 Å². The van der Waals surface area contributed by atoms with E-state index in [9.17, 15) is 9.90 Å². The number of hydrogen-bond acceptors (Lipinski definition) is 4. The number of rotatable bonds is 4. The van der Waals surface area contributed by atoms with Crippen LogP contribution in [0.3, 0.4) is 0 Å². The lowest BCUT2D eigenvalue weighted by atomic mass is 9.84. The highest BCUT2D eigenvalue weighted by molar-refractivity contribution is 5.81. The molecular formula is C16H30N2O3. The zero-order valence-corrected chi connectivity index (χ0v) is 13.3. The molecular weight excluding hydrogens is 268 g/mol. The molecule has 21 heavy (non-hydrogen) atoms. The number of aliphatic hydroxyl groups excluding tert-OH is 1. The molecule has 1 saturated heterocycles. The Kier molecular flexibility index (Phi) is 6.02. The maximum absolute atomic E-state index is 12.4. The highest BCUT2D eigenvalue weighted by Gasteiger charge is 2.33. The largest absolute Gasteiger partial charge is 0.382 e. The molecule has 2 rings (SSSR count). The molecule has 5 heteroatoms. The van der Waals surface area contributed by atoms with Crippen molar-refractivity contribution < 1.29 is 14.6 Å². The summed E-state index contributed by atoms with van der Waals surface area (Å²) >= 11 is 0. The van der Waals surface area contributed by atoms with Crippen molar-refractivity contribution in [1.29, 1.82) is 0 Å². The van der Waals surface area contributed by atoms with Crippen LogP contribution >= 0.6 is 0 Å². The van der Waals surface area contributed by atoms with Gasteiger partial charge < -0.3 is 20.5 Å². The number of aliphatic hydroxyl groups is 1. The average molecular weight is 298 g/mol. The van der Waals surface area contributed by atoms with E-state index in [4.69, 9.17) is 10.5 Å². The van der Waals surface area contributed by atoms with E-state index in [2.05, 4.69) is 0 Å². The molecule has 4 atom stereocenters. The Balaban J connectivity index is 1.85. The SMILES string of the molecule is CC1CN(C(=O)C(O)[C@H](N)CC2CCCCC2)CC(C)O1. The number of nitrogens with zero attached hydrogens (tertiary/aromatic N) is 1. The van der Waals surface area contributed by atoms with Crippen molar-refractivity contribution in [2.45, 2.75) is 76.7 Å². The second kappa shape index (κ2) is 7.56. The van der Waals surface area contributed by atoms with Crippen LogP contribution in [0, 0.1) is 5.92 Å². The van der Waals surface area contributed by atoms with E-state index in [0.29, 0.717) is 19.0 Å². The Morgan fingerprint density at radius 2 is 1.81 bits per heavy atom. The van der Waals surface area contributed by atoms with Crippen LogP contribution in [0.2, 0.25) is 0 Å². The predicted molar refractivity (Wildman–Crippen MR) is 81.8 cm³/mol. The average Bonchev–Trinajstić information content (AvgIpc) is 2.45. The van der Waals surface area contributed by atoms with Crippen molar-refractivity contribution in [3.8, 4) is 0 Å². The molecule has 3 unspecified atom stereocenters. The highest BCUT2D eigenvalue weighted by Crippen LogP contribution is 2.27. The number of carbonyl (C=O) groups is 1. The van der Waals surface area contributed by atoms with Gasteiger partial charge in [-0.05, 0) is 26.2 Å². The molecule has 0 aromatic rings. The lowest BCUT2D eigenvalue weighted by molar-refractivity contribution is -0.153. The van der Waals surface area contributed by atoms with Crippen LogP contribution in [0.1, 0.15) is 52.4 Å². The van der Waals surface area contributed by atoms with Gasteiger partial charge in [0.2, 0.25) is 0 Å². The summed E-state index contributed by atoms with van der Waals surface area (Å²) in [4.78, 5) is 14.1. The fourth-order valence-corrected chi connectivity index (χ4v) is 3.66. The van der Waals surface area contributed by atoms with Crippen molar-refractivity contribution in [1.82, 2.24) is 4.90 Å². The third-order valence-corrected chi connectivity index (χ3v) is 4.72. The Labute approximate surface area is 127 Å². The first kappa shape index (κ1) is 16.7. The molecule has 0 bridgehead atoms. The van der Waals surface area contributed by atoms with Gasteiger partial charge in [-0.3, -0.25) is 4.79 Å². The molecule has 0 aromatic heterocycles. The van der Waals surface area contributed by atoms with E-state index < -0.39 is 12.1 Å². The van der Waals surface area contributed by atoms with Crippen LogP contribution in [0.25, 0.3) is 0 Å². The van der Waals surface area contributed by atoms with Crippen LogP contribution in [0.15, 0.2) is 0 Å². The summed E-state index contributed by atoms with van der Waals surface area (Å²) in [6.07, 6.45) is 5.86. The van der Waals surface area contributed by atoms with Gasteiger partial charge in [0, 0.05) is 19.1 Å². The lowest BCUT2D eigenvalue weighted by Crippen LogP contribution is -2.55. The van der Waals surface area contributed by atoms with Gasteiger partial charge in [0.1, 0.15) is 6.10 Å². The first-order valence-electron chi connectivity index (χ1n) is 8.35. The van der Waals surface area contributed by atoms with Gasteiger partial charge in [-0.2, -0.15) is 0 Å². The second-order valence-electron chi connectivity index (χ2n) is 6.85. The third-order valence-electron chi connectivity index (χ3n) is 4.72. The van der Waals surface area contributed by atoms with Crippen molar-refractivity contribution in [3.05, 3.63) is 0 Å². The van der Waals surface area contributed by atoms with Gasteiger partial charge in [-0.1, -0.05) is 32.1 Å². The van der Waals surface area contributed by atoms with Crippen LogP contribution in [-0.2, 0) is 9.53 Å². The second-order valence-corrected chi connectivity index (χ2v) is 6.85. The van der Waals surface area contributed by atoms with Gasteiger partial charge in [0.25, 0.3) is 5.91 Å². The number of nitrogens with two attached hydrogens (primary N) is 1. The van der Waals surface area contributed by atoms with Crippen molar-refractivity contribution in [3.63, 3.8) is 0 Å². The Morgan fingerprint density at radius 3 is 2.38 bits per heavy atom. The summed E-state index contributed by atoms with van der Waals surface area (Å²) in [5.41, 5.74) is 6.10. The zero-order valence-electron chi connectivity index (χ0n) is 13.3. The van der Waals surface area contributed by atoms with E-state index >= 15 is 0 Å². The Morgan fingerprint density at radius 1 is 1.24 bits per heavy atom. The van der Waals surface area contributed by atoms with Crippen molar-refractivity contribution in [2.24, 2.45) is 11.7 Å². The smallest absolute Gasteiger partial charge is 0.253 e. The monoisotopic (exact) mass is 298 g/mol. The minimum atomic E-state index is -1.08. The van der Waals surface area contributed by atoms with Crippen LogP contribution in [-0.4, -0.2) is 53.4 Å². The van der Waals surface area contributed by atoms with Crippen LogP contribution < -0.4 is 5.73 Å². The number of hydrogen-bond donors (Lipinski definition) is 2. The zero-order chi connectivity index (χ0) is 15.4. The number of carbonyl (C=O) groups excluding carboxylic acids is 1. The summed E-state index contributed by atoms with van der Waals surface area (Å²) in [5, 5.41) is 10.3.